The topological polar surface area (TPSA) is 96.0 Å². The summed E-state index contributed by atoms with van der Waals surface area (Å²) in [7, 11) is -3.85. The average Bonchev–Trinajstić information content (AvgIpc) is 2.90. The van der Waals surface area contributed by atoms with E-state index in [1.165, 1.54) is 40.7 Å². The molecule has 11 heteroatoms. The minimum atomic E-state index is -3.85. The van der Waals surface area contributed by atoms with Crippen LogP contribution in [0.1, 0.15) is 15.9 Å². The molecule has 0 aromatic heterocycles. The van der Waals surface area contributed by atoms with Crippen molar-refractivity contribution in [2.24, 2.45) is 0 Å². The first kappa shape index (κ1) is 26.8. The molecular weight excluding hydrogens is 565 g/mol. The Morgan fingerprint density at radius 1 is 1.00 bits per heavy atom. The Morgan fingerprint density at radius 3 is 2.38 bits per heavy atom. The largest absolute Gasteiger partial charge is 0.452 e. The van der Waals surface area contributed by atoms with Crippen molar-refractivity contribution >= 4 is 49.2 Å². The zero-order valence-electron chi connectivity index (χ0n) is 20.0. The third kappa shape index (κ3) is 6.54. The van der Waals surface area contributed by atoms with Crippen LogP contribution in [0.25, 0.3) is 0 Å². The number of amides is 1. The SMILES string of the molecule is Cc1cc(NC(=O)COC(=O)c2cccc(S(=O)(=O)N3CCN(c4ccc(F)cc4)CC3)c2)ccc1Br. The Balaban J connectivity index is 1.35. The normalized spacial score (nSPS) is 14.3. The molecular formula is C26H25BrFN3O5S. The predicted molar refractivity (Wildman–Crippen MR) is 142 cm³/mol. The Kier molecular flexibility index (Phi) is 8.25. The lowest BCUT2D eigenvalue weighted by Crippen LogP contribution is -2.48. The summed E-state index contributed by atoms with van der Waals surface area (Å²) in [5.74, 6) is -1.65. The van der Waals surface area contributed by atoms with Gasteiger partial charge in [0.2, 0.25) is 10.0 Å². The summed E-state index contributed by atoms with van der Waals surface area (Å²) in [5, 5.41) is 2.65. The molecule has 0 aliphatic carbocycles. The lowest BCUT2D eigenvalue weighted by Gasteiger charge is -2.35. The highest BCUT2D eigenvalue weighted by Crippen LogP contribution is 2.23. The minimum Gasteiger partial charge on any atom is -0.452 e. The number of piperazine rings is 1. The van der Waals surface area contributed by atoms with Crippen molar-refractivity contribution in [3.63, 3.8) is 0 Å². The number of ether oxygens (including phenoxy) is 1. The van der Waals surface area contributed by atoms with Crippen LogP contribution in [0.4, 0.5) is 15.8 Å². The molecule has 0 radical (unpaired) electrons. The molecule has 0 saturated carbocycles. The second-order valence-corrected chi connectivity index (χ2v) is 11.3. The van der Waals surface area contributed by atoms with Crippen molar-refractivity contribution in [1.82, 2.24) is 4.31 Å². The molecule has 1 aliphatic rings. The molecule has 3 aromatic carbocycles. The van der Waals surface area contributed by atoms with Gasteiger partial charge in [0.1, 0.15) is 5.82 Å². The average molecular weight is 590 g/mol. The van der Waals surface area contributed by atoms with E-state index in [0.717, 1.165) is 15.7 Å². The van der Waals surface area contributed by atoms with E-state index in [0.29, 0.717) is 18.8 Å². The first-order chi connectivity index (χ1) is 17.6. The quantitative estimate of drug-likeness (QED) is 0.415. The number of aryl methyl sites for hydroxylation is 1. The van der Waals surface area contributed by atoms with E-state index in [9.17, 15) is 22.4 Å². The number of carbonyl (C=O) groups is 2. The Morgan fingerprint density at radius 2 is 1.70 bits per heavy atom. The molecule has 4 rings (SSSR count). The molecule has 1 heterocycles. The summed E-state index contributed by atoms with van der Waals surface area (Å²) in [6, 6.07) is 16.9. The van der Waals surface area contributed by atoms with Gasteiger partial charge in [0.05, 0.1) is 10.5 Å². The summed E-state index contributed by atoms with van der Waals surface area (Å²) in [6.07, 6.45) is 0. The lowest BCUT2D eigenvalue weighted by molar-refractivity contribution is -0.119. The van der Waals surface area contributed by atoms with Gasteiger partial charge in [-0.25, -0.2) is 17.6 Å². The third-order valence-electron chi connectivity index (χ3n) is 5.91. The van der Waals surface area contributed by atoms with Crippen LogP contribution in [0.3, 0.4) is 0 Å². The maximum absolute atomic E-state index is 13.2. The molecule has 1 aliphatic heterocycles. The molecule has 0 unspecified atom stereocenters. The smallest absolute Gasteiger partial charge is 0.338 e. The van der Waals surface area contributed by atoms with E-state index in [2.05, 4.69) is 21.2 Å². The maximum atomic E-state index is 13.2. The molecule has 0 spiro atoms. The highest BCUT2D eigenvalue weighted by molar-refractivity contribution is 9.10. The van der Waals surface area contributed by atoms with Crippen LogP contribution < -0.4 is 10.2 Å². The second-order valence-electron chi connectivity index (χ2n) is 8.48. The van der Waals surface area contributed by atoms with Crippen LogP contribution in [0, 0.1) is 12.7 Å². The minimum absolute atomic E-state index is 0.0262. The van der Waals surface area contributed by atoms with Gasteiger partial charge >= 0.3 is 5.97 Å². The summed E-state index contributed by atoms with van der Waals surface area (Å²) in [4.78, 5) is 26.7. The molecule has 194 valence electrons. The molecule has 1 fully saturated rings. The number of nitrogens with zero attached hydrogens (tertiary/aromatic N) is 2. The van der Waals surface area contributed by atoms with Crippen LogP contribution in [-0.2, 0) is 19.6 Å². The number of esters is 1. The van der Waals surface area contributed by atoms with Crippen molar-refractivity contribution in [2.45, 2.75) is 11.8 Å². The van der Waals surface area contributed by atoms with Gasteiger partial charge in [-0.2, -0.15) is 4.31 Å². The lowest BCUT2D eigenvalue weighted by atomic mass is 10.2. The van der Waals surface area contributed by atoms with Crippen molar-refractivity contribution in [3.05, 3.63) is 88.1 Å². The van der Waals surface area contributed by atoms with Gasteiger partial charge in [0, 0.05) is 42.0 Å². The fourth-order valence-electron chi connectivity index (χ4n) is 3.91. The number of hydrogen-bond acceptors (Lipinski definition) is 6. The van der Waals surface area contributed by atoms with E-state index < -0.39 is 28.5 Å². The molecule has 1 saturated heterocycles. The van der Waals surface area contributed by atoms with Gasteiger partial charge in [-0.1, -0.05) is 22.0 Å². The van der Waals surface area contributed by atoms with Gasteiger partial charge in [0.15, 0.2) is 6.61 Å². The summed E-state index contributed by atoms with van der Waals surface area (Å²) in [6.45, 7) is 2.73. The van der Waals surface area contributed by atoms with Gasteiger partial charge in [-0.05, 0) is 73.2 Å². The molecule has 1 N–H and O–H groups in total. The highest BCUT2D eigenvalue weighted by atomic mass is 79.9. The van der Waals surface area contributed by atoms with E-state index in [4.69, 9.17) is 4.74 Å². The van der Waals surface area contributed by atoms with E-state index >= 15 is 0 Å². The molecule has 37 heavy (non-hydrogen) atoms. The Labute approximate surface area is 223 Å². The predicted octanol–water partition coefficient (Wildman–Crippen LogP) is 4.20. The summed E-state index contributed by atoms with van der Waals surface area (Å²) >= 11 is 3.39. The first-order valence-electron chi connectivity index (χ1n) is 11.5. The fraction of sp³-hybridized carbons (Fsp3) is 0.231. The fourth-order valence-corrected chi connectivity index (χ4v) is 5.62. The molecule has 0 atom stereocenters. The number of anilines is 2. The third-order valence-corrected chi connectivity index (χ3v) is 8.70. The van der Waals surface area contributed by atoms with E-state index in [-0.39, 0.29) is 29.4 Å². The number of halogens is 2. The van der Waals surface area contributed by atoms with Gasteiger partial charge < -0.3 is 15.0 Å². The molecule has 1 amide bonds. The highest BCUT2D eigenvalue weighted by Gasteiger charge is 2.29. The standard InChI is InChI=1S/C26H25BrFN3O5S/c1-18-15-21(7-10-24(18)27)29-25(32)17-36-26(33)19-3-2-4-23(16-19)37(34,35)31-13-11-30(12-14-31)22-8-5-20(28)6-9-22/h2-10,15-16H,11-14,17H2,1H3,(H,29,32). The van der Waals surface area contributed by atoms with Crippen molar-refractivity contribution < 1.29 is 27.1 Å². The van der Waals surface area contributed by atoms with Gasteiger partial charge in [-0.15, -0.1) is 0 Å². The molecule has 3 aromatic rings. The number of carbonyl (C=O) groups excluding carboxylic acids is 2. The van der Waals surface area contributed by atoms with Gasteiger partial charge in [-0.3, -0.25) is 4.79 Å². The monoisotopic (exact) mass is 589 g/mol. The number of benzene rings is 3. The number of nitrogens with one attached hydrogen (secondary N) is 1. The van der Waals surface area contributed by atoms with Crippen LogP contribution in [0.5, 0.6) is 0 Å². The maximum Gasteiger partial charge on any atom is 0.338 e. The summed E-state index contributed by atoms with van der Waals surface area (Å²) < 4.78 is 47.0. The van der Waals surface area contributed by atoms with E-state index in [1.807, 2.05) is 11.8 Å². The number of hydrogen-bond donors (Lipinski definition) is 1. The molecule has 8 nitrogen and oxygen atoms in total. The van der Waals surface area contributed by atoms with Crippen LogP contribution in [0.15, 0.2) is 76.1 Å². The number of sulfonamides is 1. The zero-order valence-corrected chi connectivity index (χ0v) is 22.4. The van der Waals surface area contributed by atoms with E-state index in [1.54, 1.807) is 30.3 Å². The zero-order chi connectivity index (χ0) is 26.6. The second kappa shape index (κ2) is 11.4. The Hall–Kier alpha value is -3.28. The van der Waals surface area contributed by atoms with Crippen LogP contribution in [0.2, 0.25) is 0 Å². The van der Waals surface area contributed by atoms with Crippen molar-refractivity contribution in [3.8, 4) is 0 Å². The van der Waals surface area contributed by atoms with Gasteiger partial charge in [0.25, 0.3) is 5.91 Å². The first-order valence-corrected chi connectivity index (χ1v) is 13.7. The molecule has 0 bridgehead atoms. The Bertz CT molecular complexity index is 1410. The van der Waals surface area contributed by atoms with Crippen molar-refractivity contribution in [2.75, 3.05) is 43.0 Å². The van der Waals surface area contributed by atoms with Crippen LogP contribution >= 0.6 is 15.9 Å². The van der Waals surface area contributed by atoms with Crippen molar-refractivity contribution in [1.29, 1.82) is 0 Å². The summed E-state index contributed by atoms with van der Waals surface area (Å²) in [5.41, 5.74) is 2.35. The van der Waals surface area contributed by atoms with Crippen LogP contribution in [-0.4, -0.2) is 57.4 Å². The number of rotatable bonds is 7.